The maximum atomic E-state index is 12.2. The Balaban J connectivity index is 1.51. The van der Waals surface area contributed by atoms with Gasteiger partial charge >= 0.3 is 0 Å². The zero-order valence-corrected chi connectivity index (χ0v) is 14.2. The number of nitrogens with zero attached hydrogens (tertiary/aromatic N) is 2. The molecule has 128 valence electrons. The van der Waals surface area contributed by atoms with E-state index in [-0.39, 0.29) is 5.91 Å². The molecule has 1 heterocycles. The van der Waals surface area contributed by atoms with Gasteiger partial charge in [0.2, 0.25) is 0 Å². The summed E-state index contributed by atoms with van der Waals surface area (Å²) in [5, 5.41) is 7.19. The zero-order chi connectivity index (χ0) is 17.5. The average Bonchev–Trinajstić information content (AvgIpc) is 3.11. The first kappa shape index (κ1) is 16.8. The molecule has 1 amide bonds. The quantitative estimate of drug-likeness (QED) is 0.722. The van der Waals surface area contributed by atoms with Crippen LogP contribution in [0.2, 0.25) is 0 Å². The van der Waals surface area contributed by atoms with E-state index in [1.807, 2.05) is 54.6 Å². The molecule has 3 rings (SSSR count). The van der Waals surface area contributed by atoms with Gasteiger partial charge in [-0.2, -0.15) is 5.10 Å². The molecular formula is C20H21N3O2. The van der Waals surface area contributed by atoms with Crippen LogP contribution in [0.4, 0.5) is 0 Å². The van der Waals surface area contributed by atoms with Crippen LogP contribution < -0.4 is 10.1 Å². The van der Waals surface area contributed by atoms with E-state index in [0.29, 0.717) is 18.7 Å². The van der Waals surface area contributed by atoms with Gasteiger partial charge in [0.15, 0.2) is 0 Å². The van der Waals surface area contributed by atoms with Crippen LogP contribution in [-0.4, -0.2) is 29.3 Å². The SMILES string of the molecule is COc1cccc(CCNC(=O)c2cnn(Cc3ccccc3)c2)c1. The second kappa shape index (κ2) is 8.15. The van der Waals surface area contributed by atoms with E-state index in [0.717, 1.165) is 23.3 Å². The van der Waals surface area contributed by atoms with Crippen LogP contribution in [-0.2, 0) is 13.0 Å². The summed E-state index contributed by atoms with van der Waals surface area (Å²) < 4.78 is 6.97. The first-order valence-electron chi connectivity index (χ1n) is 8.22. The molecule has 0 saturated carbocycles. The lowest BCUT2D eigenvalue weighted by atomic mass is 10.1. The topological polar surface area (TPSA) is 56.1 Å². The van der Waals surface area contributed by atoms with Crippen molar-refractivity contribution in [2.24, 2.45) is 0 Å². The Morgan fingerprint density at radius 2 is 1.92 bits per heavy atom. The third kappa shape index (κ3) is 4.70. The standard InChI is InChI=1S/C20H21N3O2/c1-25-19-9-5-8-16(12-19)10-11-21-20(24)18-13-22-23(15-18)14-17-6-3-2-4-7-17/h2-9,12-13,15H,10-11,14H2,1H3,(H,21,24). The number of methoxy groups -OCH3 is 1. The fourth-order valence-corrected chi connectivity index (χ4v) is 2.59. The van der Waals surface area contributed by atoms with Crippen molar-refractivity contribution in [2.75, 3.05) is 13.7 Å². The van der Waals surface area contributed by atoms with Gasteiger partial charge in [-0.3, -0.25) is 9.48 Å². The molecule has 1 aromatic heterocycles. The van der Waals surface area contributed by atoms with Gasteiger partial charge in [0, 0.05) is 12.7 Å². The van der Waals surface area contributed by atoms with Crippen LogP contribution in [0.1, 0.15) is 21.5 Å². The minimum Gasteiger partial charge on any atom is -0.497 e. The third-order valence-electron chi connectivity index (χ3n) is 3.92. The van der Waals surface area contributed by atoms with Crippen LogP contribution in [0.25, 0.3) is 0 Å². The lowest BCUT2D eigenvalue weighted by Gasteiger charge is -2.06. The van der Waals surface area contributed by atoms with E-state index < -0.39 is 0 Å². The van der Waals surface area contributed by atoms with E-state index >= 15 is 0 Å². The monoisotopic (exact) mass is 335 g/mol. The molecule has 0 aliphatic carbocycles. The number of hydrogen-bond donors (Lipinski definition) is 1. The minimum absolute atomic E-state index is 0.109. The highest BCUT2D eigenvalue weighted by molar-refractivity contribution is 5.93. The van der Waals surface area contributed by atoms with Crippen LogP contribution in [0.5, 0.6) is 5.75 Å². The average molecular weight is 335 g/mol. The van der Waals surface area contributed by atoms with E-state index in [1.165, 1.54) is 0 Å². The molecule has 5 heteroatoms. The number of amides is 1. The van der Waals surface area contributed by atoms with Gasteiger partial charge in [0.25, 0.3) is 5.91 Å². The Labute approximate surface area is 147 Å². The van der Waals surface area contributed by atoms with Gasteiger partial charge in [0.1, 0.15) is 5.75 Å². The maximum absolute atomic E-state index is 12.2. The van der Waals surface area contributed by atoms with Crippen molar-refractivity contribution in [1.82, 2.24) is 15.1 Å². The first-order valence-corrected chi connectivity index (χ1v) is 8.22. The smallest absolute Gasteiger partial charge is 0.254 e. The first-order chi connectivity index (χ1) is 12.2. The van der Waals surface area contributed by atoms with Crippen LogP contribution in [0, 0.1) is 0 Å². The number of nitrogens with one attached hydrogen (secondary N) is 1. The molecule has 2 aromatic carbocycles. The molecule has 0 bridgehead atoms. The largest absolute Gasteiger partial charge is 0.497 e. The van der Waals surface area contributed by atoms with Gasteiger partial charge < -0.3 is 10.1 Å². The second-order valence-corrected chi connectivity index (χ2v) is 5.77. The molecule has 0 fully saturated rings. The number of aromatic nitrogens is 2. The van der Waals surface area contributed by atoms with Gasteiger partial charge in [0.05, 0.1) is 25.4 Å². The summed E-state index contributed by atoms with van der Waals surface area (Å²) in [5.41, 5.74) is 2.84. The zero-order valence-electron chi connectivity index (χ0n) is 14.2. The predicted molar refractivity (Wildman–Crippen MR) is 96.8 cm³/mol. The van der Waals surface area contributed by atoms with Gasteiger partial charge in [-0.05, 0) is 29.7 Å². The van der Waals surface area contributed by atoms with Crippen molar-refractivity contribution in [3.8, 4) is 5.75 Å². The van der Waals surface area contributed by atoms with Crippen molar-refractivity contribution >= 4 is 5.91 Å². The van der Waals surface area contributed by atoms with Gasteiger partial charge in [-0.15, -0.1) is 0 Å². The van der Waals surface area contributed by atoms with E-state index in [1.54, 1.807) is 24.2 Å². The number of ether oxygens (including phenoxy) is 1. The lowest BCUT2D eigenvalue weighted by Crippen LogP contribution is -2.25. The van der Waals surface area contributed by atoms with Crippen molar-refractivity contribution in [2.45, 2.75) is 13.0 Å². The summed E-state index contributed by atoms with van der Waals surface area (Å²) in [6.07, 6.45) is 4.12. The predicted octanol–water partition coefficient (Wildman–Crippen LogP) is 2.91. The normalized spacial score (nSPS) is 10.4. The third-order valence-corrected chi connectivity index (χ3v) is 3.92. The molecule has 0 saturated heterocycles. The van der Waals surface area contributed by atoms with Crippen LogP contribution in [0.15, 0.2) is 67.0 Å². The summed E-state index contributed by atoms with van der Waals surface area (Å²) in [6, 6.07) is 17.9. The molecule has 5 nitrogen and oxygen atoms in total. The molecular weight excluding hydrogens is 314 g/mol. The molecule has 3 aromatic rings. The van der Waals surface area contributed by atoms with Crippen molar-refractivity contribution in [3.63, 3.8) is 0 Å². The van der Waals surface area contributed by atoms with E-state index in [4.69, 9.17) is 4.74 Å². The lowest BCUT2D eigenvalue weighted by molar-refractivity contribution is 0.0954. The summed E-state index contributed by atoms with van der Waals surface area (Å²) in [6.45, 7) is 1.22. The fourth-order valence-electron chi connectivity index (χ4n) is 2.59. The van der Waals surface area contributed by atoms with Crippen molar-refractivity contribution in [1.29, 1.82) is 0 Å². The number of carbonyl (C=O) groups excluding carboxylic acids is 1. The molecule has 0 unspecified atom stereocenters. The summed E-state index contributed by atoms with van der Waals surface area (Å²) >= 11 is 0. The minimum atomic E-state index is -0.109. The van der Waals surface area contributed by atoms with E-state index in [9.17, 15) is 4.79 Å². The summed E-state index contributed by atoms with van der Waals surface area (Å²) in [7, 11) is 1.65. The Morgan fingerprint density at radius 1 is 1.12 bits per heavy atom. The molecule has 25 heavy (non-hydrogen) atoms. The number of hydrogen-bond acceptors (Lipinski definition) is 3. The number of rotatable bonds is 7. The Hall–Kier alpha value is -3.08. The number of carbonyl (C=O) groups is 1. The van der Waals surface area contributed by atoms with Crippen molar-refractivity contribution in [3.05, 3.63) is 83.7 Å². The highest BCUT2D eigenvalue weighted by Crippen LogP contribution is 2.12. The molecule has 0 aliphatic rings. The van der Waals surface area contributed by atoms with E-state index in [2.05, 4.69) is 10.4 Å². The molecule has 0 atom stereocenters. The Morgan fingerprint density at radius 3 is 2.72 bits per heavy atom. The highest BCUT2D eigenvalue weighted by Gasteiger charge is 2.08. The maximum Gasteiger partial charge on any atom is 0.254 e. The molecule has 0 spiro atoms. The molecule has 0 radical (unpaired) electrons. The van der Waals surface area contributed by atoms with Gasteiger partial charge in [-0.25, -0.2) is 0 Å². The Kier molecular flexibility index (Phi) is 5.46. The van der Waals surface area contributed by atoms with Crippen molar-refractivity contribution < 1.29 is 9.53 Å². The number of benzene rings is 2. The highest BCUT2D eigenvalue weighted by atomic mass is 16.5. The fraction of sp³-hybridized carbons (Fsp3) is 0.200. The van der Waals surface area contributed by atoms with Crippen LogP contribution >= 0.6 is 0 Å². The molecule has 1 N–H and O–H groups in total. The second-order valence-electron chi connectivity index (χ2n) is 5.77. The summed E-state index contributed by atoms with van der Waals surface area (Å²) in [4.78, 5) is 12.2. The Bertz CT molecular complexity index is 828. The summed E-state index contributed by atoms with van der Waals surface area (Å²) in [5.74, 6) is 0.716. The molecule has 0 aliphatic heterocycles. The van der Waals surface area contributed by atoms with Gasteiger partial charge in [-0.1, -0.05) is 42.5 Å². The van der Waals surface area contributed by atoms with Crippen LogP contribution in [0.3, 0.4) is 0 Å².